The number of sulfonamides is 1. The Bertz CT molecular complexity index is 505. The van der Waals surface area contributed by atoms with E-state index in [0.717, 1.165) is 6.26 Å². The quantitative estimate of drug-likeness (QED) is 0.641. The van der Waals surface area contributed by atoms with Crippen LogP contribution in [0.1, 0.15) is 5.69 Å². The first-order valence-corrected chi connectivity index (χ1v) is 7.58. The molecule has 0 saturated heterocycles. The third-order valence-corrected chi connectivity index (χ3v) is 3.05. The van der Waals surface area contributed by atoms with Crippen molar-refractivity contribution in [3.8, 4) is 11.5 Å². The van der Waals surface area contributed by atoms with Gasteiger partial charge in [-0.15, -0.1) is 0 Å². The zero-order chi connectivity index (χ0) is 14.3. The molecule has 1 heterocycles. The van der Waals surface area contributed by atoms with Gasteiger partial charge in [-0.2, -0.15) is 0 Å². The summed E-state index contributed by atoms with van der Waals surface area (Å²) < 4.78 is 34.5. The van der Waals surface area contributed by atoms with E-state index < -0.39 is 10.0 Å². The first-order valence-electron chi connectivity index (χ1n) is 5.69. The summed E-state index contributed by atoms with van der Waals surface area (Å²) in [7, 11) is -0.0326. The van der Waals surface area contributed by atoms with E-state index >= 15 is 0 Å². The van der Waals surface area contributed by atoms with Crippen molar-refractivity contribution >= 4 is 10.0 Å². The topological polar surface area (TPSA) is 89.5 Å². The van der Waals surface area contributed by atoms with E-state index in [2.05, 4.69) is 15.0 Å². The number of ether oxygens (including phenoxy) is 2. The Labute approximate surface area is 113 Å². The minimum Gasteiger partial charge on any atom is -0.493 e. The molecule has 108 valence electrons. The highest BCUT2D eigenvalue weighted by atomic mass is 32.2. The Morgan fingerprint density at radius 2 is 2.00 bits per heavy atom. The Balaban J connectivity index is 2.49. The van der Waals surface area contributed by atoms with Gasteiger partial charge in [0.25, 0.3) is 0 Å². The van der Waals surface area contributed by atoms with Crippen LogP contribution >= 0.6 is 0 Å². The Hall–Kier alpha value is -1.38. The predicted octanol–water partition coefficient (Wildman–Crippen LogP) is -0.262. The standard InChI is InChI=1S/C11H19N3O4S/c1-17-10-4-5-13-9(11(10)18-2)8-12-6-7-14-19(3,15)16/h4-5,12,14H,6-8H2,1-3H3. The van der Waals surface area contributed by atoms with Gasteiger partial charge in [-0.1, -0.05) is 0 Å². The molecule has 0 bridgehead atoms. The SMILES string of the molecule is COc1ccnc(CNCCNS(C)(=O)=O)c1OC. The molecule has 0 amide bonds. The molecule has 0 radical (unpaired) electrons. The van der Waals surface area contributed by atoms with Crippen LogP contribution in [0, 0.1) is 0 Å². The molecule has 1 aromatic rings. The number of hydrogen-bond donors (Lipinski definition) is 2. The number of nitrogens with one attached hydrogen (secondary N) is 2. The summed E-state index contributed by atoms with van der Waals surface area (Å²) >= 11 is 0. The van der Waals surface area contributed by atoms with Crippen LogP contribution in [0.5, 0.6) is 11.5 Å². The number of hydrogen-bond acceptors (Lipinski definition) is 6. The maximum atomic E-state index is 10.9. The van der Waals surface area contributed by atoms with Crippen LogP contribution in [0.15, 0.2) is 12.3 Å². The zero-order valence-corrected chi connectivity index (χ0v) is 12.1. The molecule has 2 N–H and O–H groups in total. The van der Waals surface area contributed by atoms with Crippen molar-refractivity contribution in [2.75, 3.05) is 33.6 Å². The van der Waals surface area contributed by atoms with Crippen LogP contribution in [0.25, 0.3) is 0 Å². The molecule has 8 heteroatoms. The zero-order valence-electron chi connectivity index (χ0n) is 11.3. The molecule has 0 fully saturated rings. The molecule has 0 aliphatic rings. The van der Waals surface area contributed by atoms with E-state index in [-0.39, 0.29) is 0 Å². The molecule has 0 atom stereocenters. The molecular formula is C11H19N3O4S. The van der Waals surface area contributed by atoms with Crippen LogP contribution in [0.3, 0.4) is 0 Å². The number of methoxy groups -OCH3 is 2. The average Bonchev–Trinajstić information content (AvgIpc) is 2.36. The van der Waals surface area contributed by atoms with Crippen LogP contribution in [-0.4, -0.2) is 47.0 Å². The molecule has 0 unspecified atom stereocenters. The second kappa shape index (κ2) is 7.27. The number of pyridine rings is 1. The lowest BCUT2D eigenvalue weighted by molar-refractivity contribution is 0.348. The summed E-state index contributed by atoms with van der Waals surface area (Å²) in [5.41, 5.74) is 0.709. The third kappa shape index (κ3) is 5.41. The van der Waals surface area contributed by atoms with Crippen LogP contribution < -0.4 is 19.5 Å². The average molecular weight is 289 g/mol. The van der Waals surface area contributed by atoms with Gasteiger partial charge in [-0.25, -0.2) is 13.1 Å². The maximum absolute atomic E-state index is 10.9. The van der Waals surface area contributed by atoms with Crippen molar-refractivity contribution in [3.05, 3.63) is 18.0 Å². The smallest absolute Gasteiger partial charge is 0.208 e. The summed E-state index contributed by atoms with van der Waals surface area (Å²) in [6.07, 6.45) is 2.76. The highest BCUT2D eigenvalue weighted by Crippen LogP contribution is 2.28. The van der Waals surface area contributed by atoms with Gasteiger partial charge in [0.2, 0.25) is 10.0 Å². The first kappa shape index (κ1) is 15.7. The van der Waals surface area contributed by atoms with Crippen LogP contribution in [0.4, 0.5) is 0 Å². The van der Waals surface area contributed by atoms with Crippen LogP contribution in [-0.2, 0) is 16.6 Å². The molecule has 0 saturated carbocycles. The minimum absolute atomic E-state index is 0.325. The van der Waals surface area contributed by atoms with Crippen molar-refractivity contribution in [2.24, 2.45) is 0 Å². The van der Waals surface area contributed by atoms with Crippen molar-refractivity contribution in [3.63, 3.8) is 0 Å². The van der Waals surface area contributed by atoms with Gasteiger partial charge >= 0.3 is 0 Å². The van der Waals surface area contributed by atoms with E-state index in [1.54, 1.807) is 26.5 Å². The van der Waals surface area contributed by atoms with Crippen molar-refractivity contribution in [2.45, 2.75) is 6.54 Å². The van der Waals surface area contributed by atoms with Gasteiger partial charge in [0.1, 0.15) is 0 Å². The fourth-order valence-corrected chi connectivity index (χ4v) is 1.98. The summed E-state index contributed by atoms with van der Waals surface area (Å²) in [6.45, 7) is 1.28. The number of nitrogens with zero attached hydrogens (tertiary/aromatic N) is 1. The molecule has 1 aromatic heterocycles. The Morgan fingerprint density at radius 3 is 2.58 bits per heavy atom. The van der Waals surface area contributed by atoms with Gasteiger partial charge in [0.15, 0.2) is 11.5 Å². The van der Waals surface area contributed by atoms with Crippen molar-refractivity contribution < 1.29 is 17.9 Å². The largest absolute Gasteiger partial charge is 0.493 e. The molecule has 0 aliphatic carbocycles. The molecule has 0 aromatic carbocycles. The van der Waals surface area contributed by atoms with Gasteiger partial charge in [0.05, 0.1) is 26.2 Å². The van der Waals surface area contributed by atoms with Crippen LogP contribution in [0.2, 0.25) is 0 Å². The summed E-state index contributed by atoms with van der Waals surface area (Å²) in [5.74, 6) is 1.19. The lowest BCUT2D eigenvalue weighted by atomic mass is 10.3. The van der Waals surface area contributed by atoms with E-state index in [9.17, 15) is 8.42 Å². The highest BCUT2D eigenvalue weighted by Gasteiger charge is 2.10. The normalized spacial score (nSPS) is 11.3. The molecular weight excluding hydrogens is 270 g/mol. The van der Waals surface area contributed by atoms with Crippen molar-refractivity contribution in [1.82, 2.24) is 15.0 Å². The molecule has 0 aliphatic heterocycles. The van der Waals surface area contributed by atoms with Gasteiger partial charge in [-0.05, 0) is 0 Å². The molecule has 7 nitrogen and oxygen atoms in total. The summed E-state index contributed by atoms with van der Waals surface area (Å²) in [5, 5.41) is 3.08. The highest BCUT2D eigenvalue weighted by molar-refractivity contribution is 7.88. The second-order valence-corrected chi connectivity index (χ2v) is 5.67. The van der Waals surface area contributed by atoms with Crippen molar-refractivity contribution in [1.29, 1.82) is 0 Å². The minimum atomic E-state index is -3.14. The maximum Gasteiger partial charge on any atom is 0.208 e. The molecule has 0 spiro atoms. The molecule has 19 heavy (non-hydrogen) atoms. The lowest BCUT2D eigenvalue weighted by Gasteiger charge is -2.12. The molecule has 1 rings (SSSR count). The Morgan fingerprint density at radius 1 is 1.26 bits per heavy atom. The number of rotatable bonds is 8. The van der Waals surface area contributed by atoms with Gasteiger partial charge in [-0.3, -0.25) is 4.98 Å². The lowest BCUT2D eigenvalue weighted by Crippen LogP contribution is -2.31. The Kier molecular flexibility index (Phi) is 6.00. The van der Waals surface area contributed by atoms with E-state index in [1.165, 1.54) is 0 Å². The van der Waals surface area contributed by atoms with E-state index in [0.29, 0.717) is 36.8 Å². The monoisotopic (exact) mass is 289 g/mol. The summed E-state index contributed by atoms with van der Waals surface area (Å²) in [4.78, 5) is 4.20. The predicted molar refractivity (Wildman–Crippen MR) is 71.9 cm³/mol. The fraction of sp³-hybridized carbons (Fsp3) is 0.545. The summed E-state index contributed by atoms with van der Waals surface area (Å²) in [6, 6.07) is 1.72. The van der Waals surface area contributed by atoms with Gasteiger partial charge < -0.3 is 14.8 Å². The second-order valence-electron chi connectivity index (χ2n) is 3.84. The van der Waals surface area contributed by atoms with Gasteiger partial charge in [0, 0.05) is 31.9 Å². The third-order valence-electron chi connectivity index (χ3n) is 2.32. The van der Waals surface area contributed by atoms with E-state index in [1.807, 2.05) is 0 Å². The number of aromatic nitrogens is 1. The first-order chi connectivity index (χ1) is 8.98. The fourth-order valence-electron chi connectivity index (χ4n) is 1.51. The van der Waals surface area contributed by atoms with E-state index in [4.69, 9.17) is 9.47 Å².